The van der Waals surface area contributed by atoms with Crippen molar-refractivity contribution >= 4 is 21.9 Å². The van der Waals surface area contributed by atoms with Gasteiger partial charge in [0.05, 0.1) is 5.39 Å². The van der Waals surface area contributed by atoms with Crippen molar-refractivity contribution in [3.8, 4) is 0 Å². The molecule has 1 aliphatic heterocycles. The fraction of sp³-hybridized carbons (Fsp3) is 0.318. The van der Waals surface area contributed by atoms with E-state index in [1.807, 2.05) is 18.3 Å². The second kappa shape index (κ2) is 6.70. The molecule has 7 nitrogen and oxygen atoms in total. The first-order valence-corrected chi connectivity index (χ1v) is 9.86. The molecule has 4 aromatic rings. The molecule has 1 saturated heterocycles. The summed E-state index contributed by atoms with van der Waals surface area (Å²) >= 11 is 0. The van der Waals surface area contributed by atoms with Crippen LogP contribution >= 0.6 is 0 Å². The van der Waals surface area contributed by atoms with Crippen LogP contribution < -0.4 is 11.2 Å². The highest BCUT2D eigenvalue weighted by Gasteiger charge is 2.25. The van der Waals surface area contributed by atoms with E-state index >= 15 is 0 Å². The quantitative estimate of drug-likeness (QED) is 0.582. The molecule has 0 amide bonds. The van der Waals surface area contributed by atoms with Crippen LogP contribution in [0.3, 0.4) is 0 Å². The van der Waals surface area contributed by atoms with Crippen molar-refractivity contribution in [3.63, 3.8) is 0 Å². The minimum atomic E-state index is -0.347. The molecular formula is C22H23N5O2. The third-order valence-electron chi connectivity index (χ3n) is 6.04. The van der Waals surface area contributed by atoms with E-state index in [1.165, 1.54) is 22.6 Å². The van der Waals surface area contributed by atoms with E-state index in [-0.39, 0.29) is 11.2 Å². The Morgan fingerprint density at radius 3 is 2.83 bits per heavy atom. The molecule has 1 aliphatic rings. The van der Waals surface area contributed by atoms with E-state index < -0.39 is 0 Å². The zero-order valence-corrected chi connectivity index (χ0v) is 16.6. The van der Waals surface area contributed by atoms with Crippen LogP contribution in [0.1, 0.15) is 23.6 Å². The van der Waals surface area contributed by atoms with Gasteiger partial charge in [-0.15, -0.1) is 0 Å². The number of benzene rings is 1. The van der Waals surface area contributed by atoms with E-state index in [0.717, 1.165) is 41.8 Å². The van der Waals surface area contributed by atoms with Crippen molar-refractivity contribution in [1.29, 1.82) is 0 Å². The van der Waals surface area contributed by atoms with Crippen LogP contribution in [0.15, 0.2) is 52.2 Å². The maximum Gasteiger partial charge on any atom is 0.332 e. The Morgan fingerprint density at radius 1 is 1.10 bits per heavy atom. The lowest BCUT2D eigenvalue weighted by Crippen LogP contribution is -2.37. The Balaban J connectivity index is 1.40. The largest absolute Gasteiger partial charge is 0.361 e. The van der Waals surface area contributed by atoms with Crippen LogP contribution in [0, 0.1) is 0 Å². The third kappa shape index (κ3) is 2.98. The van der Waals surface area contributed by atoms with Crippen LogP contribution in [-0.2, 0) is 20.6 Å². The summed E-state index contributed by atoms with van der Waals surface area (Å²) in [6.45, 7) is 2.83. The molecule has 1 fully saturated rings. The van der Waals surface area contributed by atoms with Crippen LogP contribution in [0.2, 0.25) is 0 Å². The smallest absolute Gasteiger partial charge is 0.332 e. The molecule has 0 spiro atoms. The van der Waals surface area contributed by atoms with Crippen molar-refractivity contribution in [1.82, 2.24) is 24.0 Å². The topological polar surface area (TPSA) is 75.9 Å². The number of aromatic nitrogens is 4. The first kappa shape index (κ1) is 17.9. The van der Waals surface area contributed by atoms with Gasteiger partial charge in [-0.05, 0) is 54.2 Å². The Bertz CT molecular complexity index is 1350. The number of nitrogens with zero attached hydrogens (tertiary/aromatic N) is 4. The summed E-state index contributed by atoms with van der Waals surface area (Å²) in [5, 5.41) is 1.71. The summed E-state index contributed by atoms with van der Waals surface area (Å²) in [5.41, 5.74) is 3.23. The average Bonchev–Trinajstić information content (AvgIpc) is 3.39. The van der Waals surface area contributed by atoms with Crippen molar-refractivity contribution < 1.29 is 0 Å². The molecule has 1 aromatic carbocycles. The normalized spacial score (nSPS) is 17.5. The highest BCUT2D eigenvalue weighted by Crippen LogP contribution is 2.28. The summed E-state index contributed by atoms with van der Waals surface area (Å²) in [6.07, 6.45) is 2.98. The van der Waals surface area contributed by atoms with E-state index in [1.54, 1.807) is 7.05 Å². The number of pyridine rings is 1. The molecule has 0 radical (unpaired) electrons. The summed E-state index contributed by atoms with van der Waals surface area (Å²) in [5.74, 6) is 0.301. The van der Waals surface area contributed by atoms with Crippen molar-refractivity contribution in [2.75, 3.05) is 13.1 Å². The fourth-order valence-electron chi connectivity index (χ4n) is 4.37. The molecule has 148 valence electrons. The molecule has 0 unspecified atom stereocenters. The molecule has 5 rings (SSSR count). The molecule has 0 saturated carbocycles. The van der Waals surface area contributed by atoms with Gasteiger partial charge >= 0.3 is 5.69 Å². The molecule has 29 heavy (non-hydrogen) atoms. The number of aryl methyl sites for hydroxylation is 1. The number of nitrogens with one attached hydrogen (secondary N) is 1. The Hall–Kier alpha value is -3.19. The van der Waals surface area contributed by atoms with Gasteiger partial charge in [-0.1, -0.05) is 6.07 Å². The van der Waals surface area contributed by atoms with Crippen LogP contribution in [0.5, 0.6) is 0 Å². The zero-order valence-electron chi connectivity index (χ0n) is 16.6. The number of hydrogen-bond donors (Lipinski definition) is 1. The number of H-pyrrole nitrogens is 1. The van der Waals surface area contributed by atoms with Crippen molar-refractivity contribution in [3.05, 3.63) is 74.7 Å². The minimum Gasteiger partial charge on any atom is -0.361 e. The molecule has 3 aromatic heterocycles. The maximum absolute atomic E-state index is 12.4. The summed E-state index contributed by atoms with van der Waals surface area (Å²) < 4.78 is 2.58. The molecule has 7 heteroatoms. The minimum absolute atomic E-state index is 0.296. The highest BCUT2D eigenvalue weighted by molar-refractivity contribution is 5.79. The van der Waals surface area contributed by atoms with Gasteiger partial charge in [0.25, 0.3) is 5.56 Å². The van der Waals surface area contributed by atoms with Gasteiger partial charge in [0.2, 0.25) is 0 Å². The van der Waals surface area contributed by atoms with Gasteiger partial charge in [0.1, 0.15) is 5.65 Å². The second-order valence-electron chi connectivity index (χ2n) is 7.93. The number of fused-ring (bicyclic) bond motifs is 2. The molecule has 0 bridgehead atoms. The van der Waals surface area contributed by atoms with Crippen LogP contribution in [0.4, 0.5) is 0 Å². The molecular weight excluding hydrogens is 366 g/mol. The monoisotopic (exact) mass is 389 g/mol. The van der Waals surface area contributed by atoms with Gasteiger partial charge in [0.15, 0.2) is 0 Å². The average molecular weight is 389 g/mol. The van der Waals surface area contributed by atoms with E-state index in [2.05, 4.69) is 34.1 Å². The number of aromatic amines is 1. The van der Waals surface area contributed by atoms with E-state index in [9.17, 15) is 9.59 Å². The fourth-order valence-corrected chi connectivity index (χ4v) is 4.37. The van der Waals surface area contributed by atoms with Gasteiger partial charge in [-0.3, -0.25) is 18.8 Å². The lowest BCUT2D eigenvalue weighted by molar-refractivity contribution is 0.326. The van der Waals surface area contributed by atoms with Gasteiger partial charge in [0, 0.05) is 50.5 Å². The maximum atomic E-state index is 12.4. The van der Waals surface area contributed by atoms with Crippen LogP contribution in [0.25, 0.3) is 21.9 Å². The first-order valence-electron chi connectivity index (χ1n) is 9.86. The SMILES string of the molecule is Cn1c(=O)c2ccc([C@H]3CCN(Cc4ccc5[nH]ccc5c4)C3)nc2n(C)c1=O. The Kier molecular flexibility index (Phi) is 4.13. The van der Waals surface area contributed by atoms with E-state index in [4.69, 9.17) is 4.98 Å². The summed E-state index contributed by atoms with van der Waals surface area (Å²) in [6, 6.07) is 12.4. The Morgan fingerprint density at radius 2 is 1.97 bits per heavy atom. The van der Waals surface area contributed by atoms with E-state index in [0.29, 0.717) is 17.0 Å². The third-order valence-corrected chi connectivity index (χ3v) is 6.04. The molecule has 1 atom stereocenters. The lowest BCUT2D eigenvalue weighted by atomic mass is 10.0. The standard InChI is InChI=1S/C22H23N5O2/c1-25-20-17(21(28)26(2)22(25)29)4-6-19(24-20)16-8-10-27(13-16)12-14-3-5-18-15(11-14)7-9-23-18/h3-7,9,11,16,23H,8,10,12-13H2,1-2H3/t16-/m0/s1. The van der Waals surface area contributed by atoms with Gasteiger partial charge < -0.3 is 4.98 Å². The predicted molar refractivity (Wildman–Crippen MR) is 113 cm³/mol. The van der Waals surface area contributed by atoms with Gasteiger partial charge in [-0.2, -0.15) is 0 Å². The molecule has 0 aliphatic carbocycles. The number of likely N-dealkylation sites (tertiary alicyclic amines) is 1. The number of rotatable bonds is 3. The molecule has 1 N–H and O–H groups in total. The summed E-state index contributed by atoms with van der Waals surface area (Å²) in [7, 11) is 3.16. The van der Waals surface area contributed by atoms with Crippen molar-refractivity contribution in [2.24, 2.45) is 14.1 Å². The summed E-state index contributed by atoms with van der Waals surface area (Å²) in [4.78, 5) is 35.0. The first-order chi connectivity index (χ1) is 14.0. The van der Waals surface area contributed by atoms with Crippen LogP contribution in [-0.4, -0.2) is 37.1 Å². The molecule has 4 heterocycles. The lowest BCUT2D eigenvalue weighted by Gasteiger charge is -2.16. The number of hydrogen-bond acceptors (Lipinski definition) is 4. The van der Waals surface area contributed by atoms with Gasteiger partial charge in [-0.25, -0.2) is 9.78 Å². The Labute approximate surface area is 167 Å². The van der Waals surface area contributed by atoms with Crippen molar-refractivity contribution in [2.45, 2.75) is 18.9 Å². The zero-order chi connectivity index (χ0) is 20.1. The second-order valence-corrected chi connectivity index (χ2v) is 7.93. The highest BCUT2D eigenvalue weighted by atomic mass is 16.2. The predicted octanol–water partition coefficient (Wildman–Crippen LogP) is 2.10.